The predicted molar refractivity (Wildman–Crippen MR) is 78.3 cm³/mol. The average Bonchev–Trinajstić information content (AvgIpc) is 2.54. The summed E-state index contributed by atoms with van der Waals surface area (Å²) in [6, 6.07) is 6.54. The van der Waals surface area contributed by atoms with Crippen LogP contribution in [-0.4, -0.2) is 44.8 Å². The SMILES string of the molecule is COC(=O)c1ccc(NC(=O)COC2CCNCC2)cc1. The first-order chi connectivity index (χ1) is 10.2. The van der Waals surface area contributed by atoms with E-state index in [4.69, 9.17) is 4.74 Å². The zero-order chi connectivity index (χ0) is 15.1. The molecule has 0 spiro atoms. The van der Waals surface area contributed by atoms with Crippen LogP contribution in [0.3, 0.4) is 0 Å². The number of esters is 1. The van der Waals surface area contributed by atoms with Gasteiger partial charge in [0.2, 0.25) is 5.91 Å². The third kappa shape index (κ3) is 4.84. The molecule has 1 aliphatic heterocycles. The molecule has 2 rings (SSSR count). The molecular weight excluding hydrogens is 272 g/mol. The number of methoxy groups -OCH3 is 1. The van der Waals surface area contributed by atoms with Crippen molar-refractivity contribution in [2.45, 2.75) is 18.9 Å². The molecule has 1 heterocycles. The van der Waals surface area contributed by atoms with E-state index < -0.39 is 5.97 Å². The summed E-state index contributed by atoms with van der Waals surface area (Å²) in [7, 11) is 1.33. The summed E-state index contributed by atoms with van der Waals surface area (Å²) in [6.07, 6.45) is 2.01. The summed E-state index contributed by atoms with van der Waals surface area (Å²) in [4.78, 5) is 23.1. The van der Waals surface area contributed by atoms with E-state index >= 15 is 0 Å². The van der Waals surface area contributed by atoms with Crippen LogP contribution in [0.15, 0.2) is 24.3 Å². The fourth-order valence-corrected chi connectivity index (χ4v) is 2.16. The van der Waals surface area contributed by atoms with Gasteiger partial charge < -0.3 is 20.1 Å². The lowest BCUT2D eigenvalue weighted by Crippen LogP contribution is -2.34. The molecule has 0 aromatic heterocycles. The Morgan fingerprint density at radius 1 is 1.24 bits per heavy atom. The lowest BCUT2D eigenvalue weighted by Gasteiger charge is -2.22. The summed E-state index contributed by atoms with van der Waals surface area (Å²) < 4.78 is 10.2. The maximum absolute atomic E-state index is 11.8. The van der Waals surface area contributed by atoms with Crippen molar-refractivity contribution in [2.75, 3.05) is 32.1 Å². The zero-order valence-electron chi connectivity index (χ0n) is 12.1. The van der Waals surface area contributed by atoms with Gasteiger partial charge in [0.25, 0.3) is 0 Å². The van der Waals surface area contributed by atoms with Gasteiger partial charge in [-0.25, -0.2) is 4.79 Å². The highest BCUT2D eigenvalue weighted by molar-refractivity contribution is 5.93. The first-order valence-corrected chi connectivity index (χ1v) is 6.99. The molecule has 1 fully saturated rings. The number of nitrogens with one attached hydrogen (secondary N) is 2. The number of benzene rings is 1. The second-order valence-corrected chi connectivity index (χ2v) is 4.88. The van der Waals surface area contributed by atoms with Gasteiger partial charge in [-0.1, -0.05) is 0 Å². The molecular formula is C15H20N2O4. The van der Waals surface area contributed by atoms with Crippen molar-refractivity contribution in [3.8, 4) is 0 Å². The van der Waals surface area contributed by atoms with Gasteiger partial charge in [0, 0.05) is 5.69 Å². The van der Waals surface area contributed by atoms with Gasteiger partial charge in [-0.2, -0.15) is 0 Å². The highest BCUT2D eigenvalue weighted by atomic mass is 16.5. The molecule has 21 heavy (non-hydrogen) atoms. The smallest absolute Gasteiger partial charge is 0.337 e. The van der Waals surface area contributed by atoms with Gasteiger partial charge in [-0.3, -0.25) is 4.79 Å². The molecule has 0 unspecified atom stereocenters. The molecule has 1 aliphatic rings. The van der Waals surface area contributed by atoms with Crippen molar-refractivity contribution in [3.63, 3.8) is 0 Å². The number of piperidine rings is 1. The van der Waals surface area contributed by atoms with Crippen molar-refractivity contribution < 1.29 is 19.1 Å². The van der Waals surface area contributed by atoms with E-state index in [0.717, 1.165) is 25.9 Å². The van der Waals surface area contributed by atoms with Crippen LogP contribution in [0.25, 0.3) is 0 Å². The van der Waals surface area contributed by atoms with Crippen LogP contribution in [0, 0.1) is 0 Å². The quantitative estimate of drug-likeness (QED) is 0.797. The number of carbonyl (C=O) groups is 2. The Morgan fingerprint density at radius 3 is 2.52 bits per heavy atom. The monoisotopic (exact) mass is 292 g/mol. The van der Waals surface area contributed by atoms with Gasteiger partial charge >= 0.3 is 5.97 Å². The average molecular weight is 292 g/mol. The summed E-state index contributed by atoms with van der Waals surface area (Å²) in [6.45, 7) is 1.91. The van der Waals surface area contributed by atoms with Gasteiger partial charge in [0.1, 0.15) is 6.61 Å². The number of anilines is 1. The van der Waals surface area contributed by atoms with E-state index in [9.17, 15) is 9.59 Å². The van der Waals surface area contributed by atoms with Crippen LogP contribution in [0.4, 0.5) is 5.69 Å². The number of carbonyl (C=O) groups excluding carboxylic acids is 2. The standard InChI is InChI=1S/C15H20N2O4/c1-20-15(19)11-2-4-12(5-3-11)17-14(18)10-21-13-6-8-16-9-7-13/h2-5,13,16H,6-10H2,1H3,(H,17,18). The highest BCUT2D eigenvalue weighted by Crippen LogP contribution is 2.11. The summed E-state index contributed by atoms with van der Waals surface area (Å²) in [5, 5.41) is 5.98. The maximum Gasteiger partial charge on any atom is 0.337 e. The largest absolute Gasteiger partial charge is 0.465 e. The van der Waals surface area contributed by atoms with E-state index in [-0.39, 0.29) is 18.6 Å². The number of rotatable bonds is 5. The van der Waals surface area contributed by atoms with E-state index in [0.29, 0.717) is 11.3 Å². The molecule has 1 aromatic carbocycles. The second kappa shape index (κ2) is 7.75. The van der Waals surface area contributed by atoms with Crippen LogP contribution < -0.4 is 10.6 Å². The Kier molecular flexibility index (Phi) is 5.71. The maximum atomic E-state index is 11.8. The van der Waals surface area contributed by atoms with Crippen LogP contribution in [-0.2, 0) is 14.3 Å². The lowest BCUT2D eigenvalue weighted by atomic mass is 10.1. The number of hydrogen-bond donors (Lipinski definition) is 2. The molecule has 0 radical (unpaired) electrons. The molecule has 0 atom stereocenters. The molecule has 2 N–H and O–H groups in total. The van der Waals surface area contributed by atoms with E-state index in [1.807, 2.05) is 0 Å². The predicted octanol–water partition coefficient (Wildman–Crippen LogP) is 1.18. The Balaban J connectivity index is 1.77. The molecule has 0 saturated carbocycles. The van der Waals surface area contributed by atoms with Crippen molar-refractivity contribution in [2.24, 2.45) is 0 Å². The highest BCUT2D eigenvalue weighted by Gasteiger charge is 2.15. The minimum atomic E-state index is -0.401. The van der Waals surface area contributed by atoms with Crippen LogP contribution in [0.2, 0.25) is 0 Å². The third-order valence-electron chi connectivity index (χ3n) is 3.33. The number of amides is 1. The fraction of sp³-hybridized carbons (Fsp3) is 0.467. The van der Waals surface area contributed by atoms with Crippen molar-refractivity contribution in [1.82, 2.24) is 5.32 Å². The summed E-state index contributed by atoms with van der Waals surface area (Å²) in [5.41, 5.74) is 1.07. The van der Waals surface area contributed by atoms with Crippen molar-refractivity contribution in [1.29, 1.82) is 0 Å². The van der Waals surface area contributed by atoms with Gasteiger partial charge in [-0.15, -0.1) is 0 Å². The molecule has 6 heteroatoms. The molecule has 0 aliphatic carbocycles. The number of hydrogen-bond acceptors (Lipinski definition) is 5. The molecule has 1 amide bonds. The lowest BCUT2D eigenvalue weighted by molar-refractivity contribution is -0.123. The second-order valence-electron chi connectivity index (χ2n) is 4.88. The molecule has 1 saturated heterocycles. The topological polar surface area (TPSA) is 76.7 Å². The number of ether oxygens (including phenoxy) is 2. The molecule has 6 nitrogen and oxygen atoms in total. The van der Waals surface area contributed by atoms with Crippen LogP contribution in [0.5, 0.6) is 0 Å². The van der Waals surface area contributed by atoms with Gasteiger partial charge in [-0.05, 0) is 50.2 Å². The van der Waals surface area contributed by atoms with E-state index in [1.54, 1.807) is 24.3 Å². The molecule has 0 bridgehead atoms. The summed E-state index contributed by atoms with van der Waals surface area (Å²) in [5.74, 6) is -0.596. The Bertz CT molecular complexity index is 481. The van der Waals surface area contributed by atoms with Crippen molar-refractivity contribution >= 4 is 17.6 Å². The third-order valence-corrected chi connectivity index (χ3v) is 3.33. The molecule has 1 aromatic rings. The Hall–Kier alpha value is -1.92. The van der Waals surface area contributed by atoms with Gasteiger partial charge in [0.05, 0.1) is 18.8 Å². The van der Waals surface area contributed by atoms with Gasteiger partial charge in [0.15, 0.2) is 0 Å². The minimum Gasteiger partial charge on any atom is -0.465 e. The van der Waals surface area contributed by atoms with Crippen LogP contribution >= 0.6 is 0 Å². The van der Waals surface area contributed by atoms with E-state index in [2.05, 4.69) is 15.4 Å². The minimum absolute atomic E-state index is 0.0451. The fourth-order valence-electron chi connectivity index (χ4n) is 2.16. The zero-order valence-corrected chi connectivity index (χ0v) is 12.1. The Morgan fingerprint density at radius 2 is 1.90 bits per heavy atom. The first kappa shape index (κ1) is 15.5. The molecule has 114 valence electrons. The first-order valence-electron chi connectivity index (χ1n) is 6.99. The van der Waals surface area contributed by atoms with Crippen LogP contribution in [0.1, 0.15) is 23.2 Å². The normalized spacial score (nSPS) is 15.5. The van der Waals surface area contributed by atoms with E-state index in [1.165, 1.54) is 7.11 Å². The summed E-state index contributed by atoms with van der Waals surface area (Å²) >= 11 is 0. The Labute approximate surface area is 123 Å². The van der Waals surface area contributed by atoms with Crippen molar-refractivity contribution in [3.05, 3.63) is 29.8 Å².